The van der Waals surface area contributed by atoms with Gasteiger partial charge in [-0.25, -0.2) is 0 Å². The van der Waals surface area contributed by atoms with E-state index in [1.54, 1.807) is 11.8 Å². The summed E-state index contributed by atoms with van der Waals surface area (Å²) in [6.07, 6.45) is 12.1. The number of unbranched alkanes of at least 4 members (excludes halogenated alkanes) is 5. The van der Waals surface area contributed by atoms with Gasteiger partial charge < -0.3 is 20.1 Å². The van der Waals surface area contributed by atoms with Crippen molar-refractivity contribution in [1.82, 2.24) is 10.2 Å². The third kappa shape index (κ3) is 7.05. The lowest BCUT2D eigenvalue weighted by Gasteiger charge is -2.33. The lowest BCUT2D eigenvalue weighted by atomic mass is 9.69. The van der Waals surface area contributed by atoms with Crippen LogP contribution in [-0.2, 0) is 19.1 Å². The van der Waals surface area contributed by atoms with Gasteiger partial charge in [-0.2, -0.15) is 0 Å². The van der Waals surface area contributed by atoms with E-state index in [1.165, 1.54) is 0 Å². The van der Waals surface area contributed by atoms with E-state index in [0.29, 0.717) is 13.1 Å². The molecule has 33 heavy (non-hydrogen) atoms. The normalized spacial score (nSPS) is 26.4. The monoisotopic (exact) mass is 464 g/mol. The molecule has 0 saturated carbocycles. The smallest absolute Gasteiger partial charge is 0.310 e. The van der Waals surface area contributed by atoms with Crippen LogP contribution in [0.3, 0.4) is 0 Å². The molecular weight excluding hydrogens is 420 g/mol. The maximum atomic E-state index is 13.7. The number of allylic oxidation sites excluding steroid dienone is 1. The highest BCUT2D eigenvalue weighted by molar-refractivity contribution is 5.96. The molecule has 0 aromatic rings. The molecule has 2 rings (SSSR count). The summed E-state index contributed by atoms with van der Waals surface area (Å²) in [5.41, 5.74) is 0. The Balaban J connectivity index is 2.27. The van der Waals surface area contributed by atoms with Gasteiger partial charge in [-0.15, -0.1) is 0 Å². The lowest BCUT2D eigenvalue weighted by molar-refractivity contribution is -0.155. The molecule has 0 aromatic carbocycles. The first-order valence-electron chi connectivity index (χ1n) is 13.1. The van der Waals surface area contributed by atoms with Crippen LogP contribution in [0.5, 0.6) is 0 Å². The SMILES string of the molecule is CCCCCNC(=O)[C@@H]1[C@H]2C=C[C@@H](CCC)[C@@H](C(=O)OCC)[C@@H]2C(=O)N1CCCCCCO. The largest absolute Gasteiger partial charge is 0.466 e. The van der Waals surface area contributed by atoms with Gasteiger partial charge in [0.05, 0.1) is 18.4 Å². The molecule has 1 aliphatic carbocycles. The number of esters is 1. The Kier molecular flexibility index (Phi) is 11.9. The Morgan fingerprint density at radius 3 is 2.45 bits per heavy atom. The van der Waals surface area contributed by atoms with Crippen molar-refractivity contribution < 1.29 is 24.2 Å². The maximum absolute atomic E-state index is 13.7. The van der Waals surface area contributed by atoms with Crippen LogP contribution in [0.25, 0.3) is 0 Å². The van der Waals surface area contributed by atoms with Crippen molar-refractivity contribution in [3.63, 3.8) is 0 Å². The van der Waals surface area contributed by atoms with E-state index < -0.39 is 17.9 Å². The molecule has 0 bridgehead atoms. The summed E-state index contributed by atoms with van der Waals surface area (Å²) in [5, 5.41) is 12.1. The molecule has 2 amide bonds. The molecule has 0 spiro atoms. The number of nitrogens with one attached hydrogen (secondary N) is 1. The van der Waals surface area contributed by atoms with Crippen LogP contribution in [0.1, 0.15) is 78.6 Å². The van der Waals surface area contributed by atoms with Crippen molar-refractivity contribution in [1.29, 1.82) is 0 Å². The molecule has 5 atom stereocenters. The zero-order valence-corrected chi connectivity index (χ0v) is 20.8. The van der Waals surface area contributed by atoms with Gasteiger partial charge >= 0.3 is 5.97 Å². The number of hydrogen-bond donors (Lipinski definition) is 2. The number of carbonyl (C=O) groups excluding carboxylic acids is 3. The highest BCUT2D eigenvalue weighted by Crippen LogP contribution is 2.45. The fourth-order valence-corrected chi connectivity index (χ4v) is 5.35. The average molecular weight is 465 g/mol. The summed E-state index contributed by atoms with van der Waals surface area (Å²) in [5.74, 6) is -1.99. The van der Waals surface area contributed by atoms with Crippen LogP contribution in [0.4, 0.5) is 0 Å². The van der Waals surface area contributed by atoms with Gasteiger partial charge in [0.1, 0.15) is 6.04 Å². The standard InChI is InChI=1S/C26H44N2O5/c1-4-7-10-16-27-24(30)23-20-15-14-19(13-5-2)21(26(32)33-6-3)22(20)25(31)28(23)17-11-8-9-12-18-29/h14-15,19-23,29H,4-13,16-18H2,1-3H3,(H,27,30)/t19-,20+,21-,22-,23+/m1/s1. The number of carbonyl (C=O) groups is 3. The first kappa shape index (κ1) is 27.4. The predicted molar refractivity (Wildman–Crippen MR) is 128 cm³/mol. The molecule has 7 nitrogen and oxygen atoms in total. The van der Waals surface area contributed by atoms with Crippen molar-refractivity contribution in [3.05, 3.63) is 12.2 Å². The van der Waals surface area contributed by atoms with Gasteiger partial charge in [0, 0.05) is 25.6 Å². The van der Waals surface area contributed by atoms with Gasteiger partial charge in [0.15, 0.2) is 0 Å². The van der Waals surface area contributed by atoms with Gasteiger partial charge in [-0.3, -0.25) is 14.4 Å². The lowest BCUT2D eigenvalue weighted by Crippen LogP contribution is -2.47. The second-order valence-corrected chi connectivity index (χ2v) is 9.33. The van der Waals surface area contributed by atoms with Gasteiger partial charge in [-0.1, -0.05) is 58.1 Å². The maximum Gasteiger partial charge on any atom is 0.310 e. The van der Waals surface area contributed by atoms with Crippen molar-refractivity contribution in [2.24, 2.45) is 23.7 Å². The Hall–Kier alpha value is -1.89. The summed E-state index contributed by atoms with van der Waals surface area (Å²) in [4.78, 5) is 41.7. The van der Waals surface area contributed by atoms with Gasteiger partial charge in [-0.05, 0) is 38.5 Å². The number of likely N-dealkylation sites (tertiary alicyclic amines) is 1. The van der Waals surface area contributed by atoms with Crippen LogP contribution >= 0.6 is 0 Å². The van der Waals surface area contributed by atoms with Crippen LogP contribution in [0.2, 0.25) is 0 Å². The Bertz CT molecular complexity index is 665. The van der Waals surface area contributed by atoms with Crippen LogP contribution in [0, 0.1) is 23.7 Å². The molecule has 7 heteroatoms. The van der Waals surface area contributed by atoms with E-state index in [0.717, 1.165) is 57.8 Å². The summed E-state index contributed by atoms with van der Waals surface area (Å²) in [6.45, 7) is 7.51. The number of ether oxygens (including phenoxy) is 1. The number of rotatable bonds is 15. The zero-order valence-electron chi connectivity index (χ0n) is 20.8. The molecule has 0 unspecified atom stereocenters. The second kappa shape index (κ2) is 14.4. The quantitative estimate of drug-likeness (QED) is 0.220. The minimum absolute atomic E-state index is 0.0444. The molecular formula is C26H44N2O5. The molecule has 188 valence electrons. The Labute approximate surface area is 199 Å². The fourth-order valence-electron chi connectivity index (χ4n) is 5.35. The third-order valence-electron chi connectivity index (χ3n) is 6.95. The van der Waals surface area contributed by atoms with Crippen molar-refractivity contribution in [2.45, 2.75) is 84.6 Å². The topological polar surface area (TPSA) is 95.9 Å². The van der Waals surface area contributed by atoms with Crippen LogP contribution < -0.4 is 5.32 Å². The summed E-state index contributed by atoms with van der Waals surface area (Å²) >= 11 is 0. The highest BCUT2D eigenvalue weighted by atomic mass is 16.5. The van der Waals surface area contributed by atoms with Gasteiger partial charge in [0.2, 0.25) is 11.8 Å². The van der Waals surface area contributed by atoms with E-state index in [9.17, 15) is 14.4 Å². The van der Waals surface area contributed by atoms with Crippen molar-refractivity contribution in [3.8, 4) is 0 Å². The first-order chi connectivity index (χ1) is 16.0. The average Bonchev–Trinajstić information content (AvgIpc) is 3.08. The zero-order chi connectivity index (χ0) is 24.2. The second-order valence-electron chi connectivity index (χ2n) is 9.33. The number of amides is 2. The molecule has 1 saturated heterocycles. The van der Waals surface area contributed by atoms with E-state index >= 15 is 0 Å². The van der Waals surface area contributed by atoms with E-state index in [-0.39, 0.29) is 42.8 Å². The molecule has 2 aliphatic rings. The van der Waals surface area contributed by atoms with E-state index in [4.69, 9.17) is 9.84 Å². The molecule has 1 heterocycles. The van der Waals surface area contributed by atoms with Crippen molar-refractivity contribution >= 4 is 17.8 Å². The number of aliphatic hydroxyl groups is 1. The van der Waals surface area contributed by atoms with Crippen LogP contribution in [-0.4, -0.2) is 60.1 Å². The molecule has 0 aromatic heterocycles. The molecule has 2 N–H and O–H groups in total. The number of fused-ring (bicyclic) bond motifs is 1. The number of hydrogen-bond acceptors (Lipinski definition) is 5. The Morgan fingerprint density at radius 2 is 1.79 bits per heavy atom. The molecule has 1 aliphatic heterocycles. The number of aliphatic hydroxyl groups excluding tert-OH is 1. The van der Waals surface area contributed by atoms with E-state index in [1.807, 2.05) is 12.2 Å². The molecule has 0 radical (unpaired) electrons. The minimum atomic E-state index is -0.585. The van der Waals surface area contributed by atoms with Gasteiger partial charge in [0.25, 0.3) is 0 Å². The minimum Gasteiger partial charge on any atom is -0.466 e. The van der Waals surface area contributed by atoms with Crippen LogP contribution in [0.15, 0.2) is 12.2 Å². The predicted octanol–water partition coefficient (Wildman–Crippen LogP) is 3.45. The Morgan fingerprint density at radius 1 is 1.03 bits per heavy atom. The van der Waals surface area contributed by atoms with E-state index in [2.05, 4.69) is 19.2 Å². The highest BCUT2D eigenvalue weighted by Gasteiger charge is 2.57. The summed E-state index contributed by atoms with van der Waals surface area (Å²) in [7, 11) is 0. The first-order valence-corrected chi connectivity index (χ1v) is 13.1. The number of nitrogens with zero attached hydrogens (tertiary/aromatic N) is 1. The summed E-state index contributed by atoms with van der Waals surface area (Å²) in [6, 6.07) is -0.585. The third-order valence-corrected chi connectivity index (χ3v) is 6.95. The molecule has 1 fully saturated rings. The summed E-state index contributed by atoms with van der Waals surface area (Å²) < 4.78 is 5.39. The van der Waals surface area contributed by atoms with Crippen molar-refractivity contribution in [2.75, 3.05) is 26.3 Å². The fraction of sp³-hybridized carbons (Fsp3) is 0.808.